The molecule has 1 fully saturated rings. The van der Waals surface area contributed by atoms with Crippen LogP contribution in [0.1, 0.15) is 43.7 Å². The molecule has 1 aromatic heterocycles. The number of nitrogens with zero attached hydrogens (tertiary/aromatic N) is 3. The highest BCUT2D eigenvalue weighted by Gasteiger charge is 2.10. The van der Waals surface area contributed by atoms with Crippen molar-refractivity contribution >= 4 is 5.96 Å². The Balaban J connectivity index is 1.49. The van der Waals surface area contributed by atoms with Crippen LogP contribution in [0.4, 0.5) is 0 Å². The van der Waals surface area contributed by atoms with E-state index in [1.165, 1.54) is 0 Å². The fourth-order valence-electron chi connectivity index (χ4n) is 3.22. The highest BCUT2D eigenvalue weighted by molar-refractivity contribution is 5.79. The molecule has 2 aromatic rings. The SMILES string of the molecule is CCNC(=NCc1cccc(OCCN2CCOCC2)c1)NCc1cc(C(C)C)no1. The second-order valence-electron chi connectivity index (χ2n) is 7.87. The van der Waals surface area contributed by atoms with E-state index in [4.69, 9.17) is 19.0 Å². The molecule has 0 saturated carbocycles. The number of ether oxygens (including phenoxy) is 2. The molecule has 0 unspecified atom stereocenters. The zero-order valence-corrected chi connectivity index (χ0v) is 18.9. The van der Waals surface area contributed by atoms with Crippen molar-refractivity contribution < 1.29 is 14.0 Å². The van der Waals surface area contributed by atoms with Crippen LogP contribution in [0.2, 0.25) is 0 Å². The molecule has 0 radical (unpaired) electrons. The van der Waals surface area contributed by atoms with E-state index in [9.17, 15) is 0 Å². The van der Waals surface area contributed by atoms with Gasteiger partial charge in [0.1, 0.15) is 12.4 Å². The molecule has 1 aliphatic rings. The number of guanidine groups is 1. The molecule has 0 atom stereocenters. The zero-order valence-electron chi connectivity index (χ0n) is 18.9. The molecular formula is C23H35N5O3. The first kappa shape index (κ1) is 23.1. The molecule has 3 rings (SSSR count). The summed E-state index contributed by atoms with van der Waals surface area (Å²) in [6, 6.07) is 10.1. The monoisotopic (exact) mass is 429 g/mol. The number of rotatable bonds is 10. The van der Waals surface area contributed by atoms with Crippen LogP contribution in [0.3, 0.4) is 0 Å². The van der Waals surface area contributed by atoms with Gasteiger partial charge in [-0.2, -0.15) is 0 Å². The molecule has 1 aliphatic heterocycles. The molecule has 0 bridgehead atoms. The maximum absolute atomic E-state index is 5.95. The van der Waals surface area contributed by atoms with Gasteiger partial charge in [0.2, 0.25) is 0 Å². The molecule has 31 heavy (non-hydrogen) atoms. The molecule has 1 saturated heterocycles. The van der Waals surface area contributed by atoms with Crippen LogP contribution in [0.5, 0.6) is 5.75 Å². The number of aromatic nitrogens is 1. The van der Waals surface area contributed by atoms with Gasteiger partial charge in [-0.05, 0) is 30.5 Å². The van der Waals surface area contributed by atoms with Gasteiger partial charge in [-0.25, -0.2) is 4.99 Å². The van der Waals surface area contributed by atoms with Gasteiger partial charge in [-0.1, -0.05) is 31.1 Å². The van der Waals surface area contributed by atoms with E-state index in [0.29, 0.717) is 25.6 Å². The predicted molar refractivity (Wildman–Crippen MR) is 121 cm³/mol. The summed E-state index contributed by atoms with van der Waals surface area (Å²) in [5.41, 5.74) is 2.06. The predicted octanol–water partition coefficient (Wildman–Crippen LogP) is 2.76. The number of hydrogen-bond donors (Lipinski definition) is 2. The van der Waals surface area contributed by atoms with Crippen LogP contribution < -0.4 is 15.4 Å². The molecule has 2 N–H and O–H groups in total. The van der Waals surface area contributed by atoms with Gasteiger partial charge in [0.15, 0.2) is 11.7 Å². The topological polar surface area (TPSA) is 84.2 Å². The lowest BCUT2D eigenvalue weighted by Crippen LogP contribution is -2.38. The van der Waals surface area contributed by atoms with Gasteiger partial charge >= 0.3 is 0 Å². The average Bonchev–Trinajstić information content (AvgIpc) is 3.26. The fourth-order valence-corrected chi connectivity index (χ4v) is 3.22. The Hall–Kier alpha value is -2.58. The van der Waals surface area contributed by atoms with E-state index >= 15 is 0 Å². The van der Waals surface area contributed by atoms with Crippen molar-refractivity contribution in [2.24, 2.45) is 4.99 Å². The smallest absolute Gasteiger partial charge is 0.191 e. The number of morpholine rings is 1. The summed E-state index contributed by atoms with van der Waals surface area (Å²) in [6.45, 7) is 13.3. The summed E-state index contributed by atoms with van der Waals surface area (Å²) in [6.07, 6.45) is 0. The van der Waals surface area contributed by atoms with Crippen molar-refractivity contribution in [1.29, 1.82) is 0 Å². The second kappa shape index (κ2) is 12.3. The lowest BCUT2D eigenvalue weighted by Gasteiger charge is -2.26. The minimum Gasteiger partial charge on any atom is -0.492 e. The van der Waals surface area contributed by atoms with Crippen LogP contribution in [0, 0.1) is 0 Å². The zero-order chi connectivity index (χ0) is 21.9. The Morgan fingerprint density at radius 1 is 1.23 bits per heavy atom. The lowest BCUT2D eigenvalue weighted by molar-refractivity contribution is 0.0322. The fraction of sp³-hybridized carbons (Fsp3) is 0.565. The third-order valence-electron chi connectivity index (χ3n) is 5.04. The summed E-state index contributed by atoms with van der Waals surface area (Å²) in [4.78, 5) is 7.06. The van der Waals surface area contributed by atoms with Gasteiger partial charge in [-0.3, -0.25) is 4.90 Å². The number of aliphatic imine (C=N–C) groups is 1. The number of nitrogens with one attached hydrogen (secondary N) is 2. The van der Waals surface area contributed by atoms with Crippen molar-refractivity contribution in [3.63, 3.8) is 0 Å². The third-order valence-corrected chi connectivity index (χ3v) is 5.04. The lowest BCUT2D eigenvalue weighted by atomic mass is 10.1. The van der Waals surface area contributed by atoms with Gasteiger partial charge in [0.05, 0.1) is 32.0 Å². The molecule has 170 valence electrons. The first-order valence-corrected chi connectivity index (χ1v) is 11.1. The quantitative estimate of drug-likeness (QED) is 0.444. The maximum atomic E-state index is 5.95. The van der Waals surface area contributed by atoms with E-state index in [1.807, 2.05) is 25.1 Å². The van der Waals surface area contributed by atoms with Crippen molar-refractivity contribution in [1.82, 2.24) is 20.7 Å². The average molecular weight is 430 g/mol. The Labute approximate surface area is 185 Å². The molecule has 0 amide bonds. The second-order valence-corrected chi connectivity index (χ2v) is 7.87. The Bertz CT molecular complexity index is 815. The first-order valence-electron chi connectivity index (χ1n) is 11.1. The highest BCUT2D eigenvalue weighted by atomic mass is 16.5. The summed E-state index contributed by atoms with van der Waals surface area (Å²) in [5.74, 6) is 2.76. The summed E-state index contributed by atoms with van der Waals surface area (Å²) in [7, 11) is 0. The highest BCUT2D eigenvalue weighted by Crippen LogP contribution is 2.15. The van der Waals surface area contributed by atoms with Crippen molar-refractivity contribution in [2.45, 2.75) is 39.8 Å². The molecule has 8 nitrogen and oxygen atoms in total. The standard InChI is InChI=1S/C23H35N5O3/c1-4-24-23(26-17-21-15-22(18(2)3)27-31-21)25-16-19-6-5-7-20(14-19)30-13-10-28-8-11-29-12-9-28/h5-7,14-15,18H,4,8-13,16-17H2,1-3H3,(H2,24,25,26). The van der Waals surface area contributed by atoms with Crippen molar-refractivity contribution in [3.05, 3.63) is 47.3 Å². The molecule has 0 aliphatic carbocycles. The van der Waals surface area contributed by atoms with Crippen molar-refractivity contribution in [2.75, 3.05) is 46.0 Å². The van der Waals surface area contributed by atoms with E-state index < -0.39 is 0 Å². The maximum Gasteiger partial charge on any atom is 0.191 e. The molecule has 2 heterocycles. The van der Waals surface area contributed by atoms with Gasteiger partial charge in [-0.15, -0.1) is 0 Å². The van der Waals surface area contributed by atoms with Crippen LogP contribution in [-0.4, -0.2) is 62.0 Å². The van der Waals surface area contributed by atoms with Crippen molar-refractivity contribution in [3.8, 4) is 5.75 Å². The van der Waals surface area contributed by atoms with Crippen LogP contribution in [-0.2, 0) is 17.8 Å². The number of hydrogen-bond acceptors (Lipinski definition) is 6. The molecule has 8 heteroatoms. The van der Waals surface area contributed by atoms with E-state index in [2.05, 4.69) is 46.7 Å². The summed E-state index contributed by atoms with van der Waals surface area (Å²) >= 11 is 0. The Kier molecular flexibility index (Phi) is 9.17. The van der Waals surface area contributed by atoms with Crippen LogP contribution in [0.15, 0.2) is 39.8 Å². The largest absolute Gasteiger partial charge is 0.492 e. The summed E-state index contributed by atoms with van der Waals surface area (Å²) < 4.78 is 16.7. The van der Waals surface area contributed by atoms with Crippen LogP contribution in [0.25, 0.3) is 0 Å². The Morgan fingerprint density at radius 2 is 2.06 bits per heavy atom. The first-order chi connectivity index (χ1) is 15.1. The van der Waals surface area contributed by atoms with E-state index in [1.54, 1.807) is 0 Å². The summed E-state index contributed by atoms with van der Waals surface area (Å²) in [5, 5.41) is 10.7. The van der Waals surface area contributed by atoms with Gasteiger partial charge in [0, 0.05) is 32.2 Å². The molecule has 1 aromatic carbocycles. The van der Waals surface area contributed by atoms with E-state index in [0.717, 1.165) is 68.1 Å². The molecule has 0 spiro atoms. The van der Waals surface area contributed by atoms with Gasteiger partial charge < -0.3 is 24.6 Å². The van der Waals surface area contributed by atoms with Gasteiger partial charge in [0.25, 0.3) is 0 Å². The molecular weight excluding hydrogens is 394 g/mol. The normalized spacial score (nSPS) is 15.3. The number of benzene rings is 1. The Morgan fingerprint density at radius 3 is 2.81 bits per heavy atom. The van der Waals surface area contributed by atoms with E-state index in [-0.39, 0.29) is 0 Å². The minimum atomic E-state index is 0.350. The minimum absolute atomic E-state index is 0.350. The van der Waals surface area contributed by atoms with Crippen LogP contribution >= 0.6 is 0 Å². The third kappa shape index (κ3) is 7.88.